The number of unbranched alkanes of at least 4 members (excludes halogenated alkanes) is 39. The number of carbonyl (C=O) groups is 4. The van der Waals surface area contributed by atoms with Crippen molar-refractivity contribution in [1.82, 2.24) is 0 Å². The SMILES string of the molecule is CCCCCCCCCCCCCCCCCCC(=O)O[C@H](COC(=O)CCCCCCCCCCCCCC)COP(=O)(O)OC[C@@H](O)COP(=O)(O)OC[C@@H](COC(=O)CCCCCCCCCC)OC(=O)CCCCCCCCCC(C)C. The van der Waals surface area contributed by atoms with Crippen LogP contribution in [0.5, 0.6) is 0 Å². The van der Waals surface area contributed by atoms with Crippen LogP contribution in [-0.2, 0) is 65.4 Å². The molecule has 0 aromatic heterocycles. The lowest BCUT2D eigenvalue weighted by molar-refractivity contribution is -0.161. The lowest BCUT2D eigenvalue weighted by Crippen LogP contribution is -2.30. The van der Waals surface area contributed by atoms with Crippen LogP contribution in [0.1, 0.15) is 343 Å². The molecular weight excluding hydrogens is 1140 g/mol. The van der Waals surface area contributed by atoms with E-state index in [9.17, 15) is 43.2 Å². The summed E-state index contributed by atoms with van der Waals surface area (Å²) in [6.45, 7) is 7.14. The number of aliphatic hydroxyl groups is 1. The van der Waals surface area contributed by atoms with Crippen molar-refractivity contribution in [3.05, 3.63) is 0 Å². The van der Waals surface area contributed by atoms with Crippen molar-refractivity contribution in [3.8, 4) is 0 Å². The Morgan fingerprint density at radius 3 is 0.791 bits per heavy atom. The summed E-state index contributed by atoms with van der Waals surface area (Å²) in [5.74, 6) is -1.43. The van der Waals surface area contributed by atoms with Gasteiger partial charge in [0, 0.05) is 25.7 Å². The molecule has 17 nitrogen and oxygen atoms in total. The third-order valence-corrected chi connectivity index (χ3v) is 17.4. The summed E-state index contributed by atoms with van der Waals surface area (Å²) < 4.78 is 68.1. The van der Waals surface area contributed by atoms with Crippen LogP contribution in [0.3, 0.4) is 0 Å². The lowest BCUT2D eigenvalue weighted by atomic mass is 10.0. The summed E-state index contributed by atoms with van der Waals surface area (Å²) in [5.41, 5.74) is 0. The van der Waals surface area contributed by atoms with Gasteiger partial charge in [-0.25, -0.2) is 9.13 Å². The fourth-order valence-electron chi connectivity index (χ4n) is 10.1. The van der Waals surface area contributed by atoms with Crippen molar-refractivity contribution < 1.29 is 80.2 Å². The minimum absolute atomic E-state index is 0.104. The molecule has 0 radical (unpaired) electrons. The molecule has 0 heterocycles. The van der Waals surface area contributed by atoms with Crippen molar-refractivity contribution in [1.29, 1.82) is 0 Å². The van der Waals surface area contributed by atoms with Gasteiger partial charge in [-0.2, -0.15) is 0 Å². The number of hydrogen-bond acceptors (Lipinski definition) is 15. The quantitative estimate of drug-likeness (QED) is 0.0222. The molecule has 86 heavy (non-hydrogen) atoms. The fourth-order valence-corrected chi connectivity index (χ4v) is 11.7. The first kappa shape index (κ1) is 84.1. The Morgan fingerprint density at radius 1 is 0.314 bits per heavy atom. The van der Waals surface area contributed by atoms with E-state index in [4.69, 9.17) is 37.0 Å². The Bertz CT molecular complexity index is 1670. The van der Waals surface area contributed by atoms with Crippen LogP contribution in [0.2, 0.25) is 0 Å². The van der Waals surface area contributed by atoms with E-state index in [0.29, 0.717) is 31.6 Å². The number of hydrogen-bond donors (Lipinski definition) is 3. The number of phosphoric ester groups is 2. The minimum Gasteiger partial charge on any atom is -0.462 e. The molecule has 0 spiro atoms. The Hall–Kier alpha value is -1.94. The highest BCUT2D eigenvalue weighted by Crippen LogP contribution is 2.45. The van der Waals surface area contributed by atoms with Crippen LogP contribution < -0.4 is 0 Å². The first-order chi connectivity index (χ1) is 41.5. The molecule has 5 atom stereocenters. The Morgan fingerprint density at radius 2 is 0.535 bits per heavy atom. The Balaban J connectivity index is 5.21. The summed E-state index contributed by atoms with van der Waals surface area (Å²) in [6, 6.07) is 0. The number of esters is 4. The van der Waals surface area contributed by atoms with Crippen LogP contribution in [0.25, 0.3) is 0 Å². The van der Waals surface area contributed by atoms with Gasteiger partial charge in [-0.1, -0.05) is 291 Å². The van der Waals surface area contributed by atoms with Gasteiger partial charge in [0.15, 0.2) is 12.2 Å². The van der Waals surface area contributed by atoms with Crippen molar-refractivity contribution in [2.75, 3.05) is 39.6 Å². The third kappa shape index (κ3) is 60.9. The molecule has 0 fully saturated rings. The van der Waals surface area contributed by atoms with Gasteiger partial charge in [0.2, 0.25) is 0 Å². The van der Waals surface area contributed by atoms with Crippen LogP contribution in [0, 0.1) is 5.92 Å². The van der Waals surface area contributed by atoms with Gasteiger partial charge in [-0.05, 0) is 31.6 Å². The van der Waals surface area contributed by atoms with Gasteiger partial charge in [0.25, 0.3) is 0 Å². The van der Waals surface area contributed by atoms with Crippen LogP contribution in [-0.4, -0.2) is 96.7 Å². The van der Waals surface area contributed by atoms with Crippen molar-refractivity contribution >= 4 is 39.5 Å². The van der Waals surface area contributed by atoms with Crippen molar-refractivity contribution in [2.45, 2.75) is 361 Å². The molecule has 0 aliphatic rings. The van der Waals surface area contributed by atoms with E-state index in [0.717, 1.165) is 96.3 Å². The highest BCUT2D eigenvalue weighted by Gasteiger charge is 2.30. The summed E-state index contributed by atoms with van der Waals surface area (Å²) in [7, 11) is -9.89. The zero-order chi connectivity index (χ0) is 63.5. The molecule has 19 heteroatoms. The molecule has 0 saturated carbocycles. The van der Waals surface area contributed by atoms with E-state index in [1.165, 1.54) is 161 Å². The number of ether oxygens (including phenoxy) is 4. The molecular formula is C67H130O17P2. The molecule has 0 aliphatic carbocycles. The predicted molar refractivity (Wildman–Crippen MR) is 345 cm³/mol. The maximum absolute atomic E-state index is 13.0. The fraction of sp³-hybridized carbons (Fsp3) is 0.940. The maximum atomic E-state index is 13.0. The first-order valence-corrected chi connectivity index (χ1v) is 38.1. The van der Waals surface area contributed by atoms with E-state index >= 15 is 0 Å². The Labute approximate surface area is 524 Å². The smallest absolute Gasteiger partial charge is 0.462 e. The molecule has 510 valence electrons. The maximum Gasteiger partial charge on any atom is 0.472 e. The molecule has 3 N–H and O–H groups in total. The summed E-state index contributed by atoms with van der Waals surface area (Å²) >= 11 is 0. The topological polar surface area (TPSA) is 237 Å². The average molecular weight is 1270 g/mol. The van der Waals surface area contributed by atoms with Crippen molar-refractivity contribution in [2.24, 2.45) is 5.92 Å². The zero-order valence-electron chi connectivity index (χ0n) is 55.4. The second-order valence-electron chi connectivity index (χ2n) is 24.7. The van der Waals surface area contributed by atoms with Crippen LogP contribution in [0.15, 0.2) is 0 Å². The molecule has 0 aromatic carbocycles. The monoisotopic (exact) mass is 1270 g/mol. The highest BCUT2D eigenvalue weighted by atomic mass is 31.2. The Kier molecular flexibility index (Phi) is 59.2. The highest BCUT2D eigenvalue weighted by molar-refractivity contribution is 7.47. The van der Waals surface area contributed by atoms with E-state index in [1.807, 2.05) is 0 Å². The zero-order valence-corrected chi connectivity index (χ0v) is 57.2. The normalized spacial score (nSPS) is 14.2. The van der Waals surface area contributed by atoms with Crippen LogP contribution in [0.4, 0.5) is 0 Å². The summed E-state index contributed by atoms with van der Waals surface area (Å²) in [6.07, 6.45) is 45.9. The second kappa shape index (κ2) is 60.6. The lowest BCUT2D eigenvalue weighted by Gasteiger charge is -2.21. The van der Waals surface area contributed by atoms with Gasteiger partial charge in [-0.3, -0.25) is 37.3 Å². The van der Waals surface area contributed by atoms with Crippen LogP contribution >= 0.6 is 15.6 Å². The predicted octanol–water partition coefficient (Wildman–Crippen LogP) is 19.0. The first-order valence-electron chi connectivity index (χ1n) is 35.1. The van der Waals surface area contributed by atoms with Gasteiger partial charge in [0.1, 0.15) is 19.3 Å². The number of carbonyl (C=O) groups excluding carboxylic acids is 4. The van der Waals surface area contributed by atoms with Gasteiger partial charge < -0.3 is 33.8 Å². The molecule has 0 bridgehead atoms. The van der Waals surface area contributed by atoms with E-state index < -0.39 is 97.5 Å². The molecule has 2 unspecified atom stereocenters. The van der Waals surface area contributed by atoms with Gasteiger partial charge in [-0.15, -0.1) is 0 Å². The number of rotatable bonds is 67. The molecule has 0 rings (SSSR count). The van der Waals surface area contributed by atoms with E-state index in [-0.39, 0.29) is 25.7 Å². The van der Waals surface area contributed by atoms with Gasteiger partial charge >= 0.3 is 39.5 Å². The molecule has 0 amide bonds. The second-order valence-corrected chi connectivity index (χ2v) is 27.6. The summed E-state index contributed by atoms with van der Waals surface area (Å²) in [5, 5.41) is 10.5. The van der Waals surface area contributed by atoms with Crippen molar-refractivity contribution in [3.63, 3.8) is 0 Å². The average Bonchev–Trinajstić information content (AvgIpc) is 3.70. The summed E-state index contributed by atoms with van der Waals surface area (Å²) in [4.78, 5) is 72.3. The molecule has 0 aromatic rings. The van der Waals surface area contributed by atoms with E-state index in [1.54, 1.807) is 0 Å². The number of phosphoric acid groups is 2. The van der Waals surface area contributed by atoms with E-state index in [2.05, 4.69) is 34.6 Å². The molecule has 0 saturated heterocycles. The molecule has 0 aliphatic heterocycles. The van der Waals surface area contributed by atoms with Gasteiger partial charge in [0.05, 0.1) is 26.4 Å². The number of aliphatic hydroxyl groups excluding tert-OH is 1. The minimum atomic E-state index is -4.95. The largest absolute Gasteiger partial charge is 0.472 e. The third-order valence-electron chi connectivity index (χ3n) is 15.5. The standard InChI is InChI=1S/C67H130O17P2/c1-6-9-12-15-18-21-23-25-26-27-28-30-32-37-42-47-52-66(71)83-62(57-78-65(70)51-46-41-36-31-29-24-22-19-16-13-10-7-2)58-81-85(73,74)79-54-61(68)55-80-86(75,76)82-59-63(56-77-64(69)50-45-40-35-20-17-14-11-8-3)84-67(72)53-48-43-38-33-34-39-44-49-60(4)5/h60-63,68H,6-59H2,1-5H3,(H,73,74)(H,75,76)/t61-,62-,63-/m1/s1.